The minimum Gasteiger partial charge on any atom is -0.506 e. The SMILES string of the molecule is CN(CCCOc1cccc(CCNC[C@H](O)c2ccc(O)c3[nH]c(=O)ccc23)c1)CCc1cnc(C(O)(c2ccccc2)C2CCCCC2)o1. The number of aromatic hydroxyl groups is 1. The molecule has 0 saturated heterocycles. The molecule has 0 amide bonds. The summed E-state index contributed by atoms with van der Waals surface area (Å²) < 4.78 is 12.3. The van der Waals surface area contributed by atoms with Crippen LogP contribution in [0.2, 0.25) is 0 Å². The van der Waals surface area contributed by atoms with E-state index in [0.29, 0.717) is 48.5 Å². The van der Waals surface area contributed by atoms with E-state index in [1.165, 1.54) is 18.6 Å². The van der Waals surface area contributed by atoms with E-state index >= 15 is 0 Å². The molecule has 1 aliphatic carbocycles. The average Bonchev–Trinajstić information content (AvgIpc) is 3.65. The first-order chi connectivity index (χ1) is 24.8. The number of aliphatic hydroxyl groups is 2. The summed E-state index contributed by atoms with van der Waals surface area (Å²) >= 11 is 0. The number of hydrogen-bond acceptors (Lipinski definition) is 9. The number of aliphatic hydroxyl groups excluding tert-OH is 1. The molecule has 1 saturated carbocycles. The number of fused-ring (bicyclic) bond motifs is 1. The van der Waals surface area contributed by atoms with Crippen LogP contribution in [0.5, 0.6) is 11.5 Å². The summed E-state index contributed by atoms with van der Waals surface area (Å²) in [7, 11) is 2.09. The highest BCUT2D eigenvalue weighted by Crippen LogP contribution is 2.43. The first-order valence-electron chi connectivity index (χ1n) is 18.2. The van der Waals surface area contributed by atoms with Crippen LogP contribution in [-0.4, -0.2) is 70.0 Å². The second kappa shape index (κ2) is 17.2. The van der Waals surface area contributed by atoms with Crippen LogP contribution in [0.1, 0.15) is 73.0 Å². The van der Waals surface area contributed by atoms with Crippen LogP contribution >= 0.6 is 0 Å². The number of rotatable bonds is 17. The van der Waals surface area contributed by atoms with Gasteiger partial charge in [-0.1, -0.05) is 67.8 Å². The molecule has 51 heavy (non-hydrogen) atoms. The van der Waals surface area contributed by atoms with Crippen molar-refractivity contribution in [2.75, 3.05) is 39.8 Å². The Morgan fingerprint density at radius 3 is 2.67 bits per heavy atom. The van der Waals surface area contributed by atoms with E-state index in [1.807, 2.05) is 42.5 Å². The van der Waals surface area contributed by atoms with Crippen molar-refractivity contribution in [2.24, 2.45) is 5.92 Å². The second-order valence-electron chi connectivity index (χ2n) is 13.8. The molecule has 5 N–H and O–H groups in total. The minimum absolute atomic E-state index is 0.0266. The van der Waals surface area contributed by atoms with Gasteiger partial charge in [-0.15, -0.1) is 0 Å². The molecule has 1 fully saturated rings. The Bertz CT molecular complexity index is 1900. The number of hydrogen-bond donors (Lipinski definition) is 5. The molecule has 5 aromatic rings. The summed E-state index contributed by atoms with van der Waals surface area (Å²) in [6.45, 7) is 3.27. The number of phenols is 1. The van der Waals surface area contributed by atoms with Crippen molar-refractivity contribution >= 4 is 10.9 Å². The molecule has 0 spiro atoms. The smallest absolute Gasteiger partial charge is 0.248 e. The highest BCUT2D eigenvalue weighted by molar-refractivity contribution is 5.87. The maximum atomic E-state index is 12.1. The summed E-state index contributed by atoms with van der Waals surface area (Å²) in [5.74, 6) is 2.09. The molecule has 0 bridgehead atoms. The highest BCUT2D eigenvalue weighted by atomic mass is 16.5. The Morgan fingerprint density at radius 1 is 1.02 bits per heavy atom. The van der Waals surface area contributed by atoms with Gasteiger partial charge in [-0.05, 0) is 80.2 Å². The van der Waals surface area contributed by atoms with Gasteiger partial charge >= 0.3 is 0 Å². The van der Waals surface area contributed by atoms with E-state index in [0.717, 1.165) is 74.3 Å². The third kappa shape index (κ3) is 9.07. The number of benzene rings is 3. The molecule has 1 aliphatic rings. The first-order valence-corrected chi connectivity index (χ1v) is 18.2. The maximum Gasteiger partial charge on any atom is 0.248 e. The predicted octanol–water partition coefficient (Wildman–Crippen LogP) is 5.85. The molecular weight excluding hydrogens is 644 g/mol. The Balaban J connectivity index is 0.914. The lowest BCUT2D eigenvalue weighted by atomic mass is 9.73. The monoisotopic (exact) mass is 694 g/mol. The van der Waals surface area contributed by atoms with E-state index in [4.69, 9.17) is 9.15 Å². The fourth-order valence-electron chi connectivity index (χ4n) is 7.20. The van der Waals surface area contributed by atoms with Crippen LogP contribution in [0.15, 0.2) is 94.3 Å². The minimum atomic E-state index is -1.21. The molecular formula is C41H50N4O6. The number of aromatic nitrogens is 2. The lowest BCUT2D eigenvalue weighted by molar-refractivity contribution is -0.0239. The molecule has 10 nitrogen and oxygen atoms in total. The van der Waals surface area contributed by atoms with Gasteiger partial charge in [0, 0.05) is 43.4 Å². The number of oxazole rings is 1. The summed E-state index contributed by atoms with van der Waals surface area (Å²) in [6, 6.07) is 24.1. The van der Waals surface area contributed by atoms with Crippen molar-refractivity contribution in [3.63, 3.8) is 0 Å². The average molecular weight is 695 g/mol. The molecule has 2 heterocycles. The van der Waals surface area contributed by atoms with Gasteiger partial charge in [0.05, 0.1) is 24.4 Å². The third-order valence-electron chi connectivity index (χ3n) is 10.1. The molecule has 1 unspecified atom stereocenters. The zero-order valence-electron chi connectivity index (χ0n) is 29.4. The Labute approximate surface area is 299 Å². The normalized spacial score (nSPS) is 15.6. The number of nitrogens with one attached hydrogen (secondary N) is 2. The van der Waals surface area contributed by atoms with Crippen LogP contribution in [0.25, 0.3) is 10.9 Å². The van der Waals surface area contributed by atoms with Gasteiger partial charge in [-0.3, -0.25) is 4.79 Å². The summed E-state index contributed by atoms with van der Waals surface area (Å²) in [6.07, 6.45) is 8.69. The summed E-state index contributed by atoms with van der Waals surface area (Å²) in [4.78, 5) is 21.2. The van der Waals surface area contributed by atoms with E-state index in [2.05, 4.69) is 39.4 Å². The largest absolute Gasteiger partial charge is 0.506 e. The van der Waals surface area contributed by atoms with Gasteiger partial charge in [-0.2, -0.15) is 0 Å². The van der Waals surface area contributed by atoms with Crippen molar-refractivity contribution < 1.29 is 24.5 Å². The van der Waals surface area contributed by atoms with Crippen molar-refractivity contribution in [1.29, 1.82) is 0 Å². The molecule has 10 heteroatoms. The number of H-pyrrole nitrogens is 1. The fourth-order valence-corrected chi connectivity index (χ4v) is 7.20. The molecule has 2 aromatic heterocycles. The van der Waals surface area contributed by atoms with Gasteiger partial charge in [-0.25, -0.2) is 4.98 Å². The number of phenolic OH excluding ortho intramolecular Hbond substituents is 1. The number of ether oxygens (including phenoxy) is 1. The van der Waals surface area contributed by atoms with E-state index in [-0.39, 0.29) is 17.2 Å². The molecule has 6 rings (SSSR count). The third-order valence-corrected chi connectivity index (χ3v) is 10.1. The van der Waals surface area contributed by atoms with Gasteiger partial charge in [0.25, 0.3) is 0 Å². The van der Waals surface area contributed by atoms with Crippen molar-refractivity contribution in [1.82, 2.24) is 20.2 Å². The van der Waals surface area contributed by atoms with Crippen molar-refractivity contribution in [3.8, 4) is 11.5 Å². The number of pyridine rings is 1. The van der Waals surface area contributed by atoms with E-state index in [1.54, 1.807) is 18.3 Å². The molecule has 0 aliphatic heterocycles. The number of nitrogens with zero attached hydrogens (tertiary/aromatic N) is 2. The van der Waals surface area contributed by atoms with Crippen LogP contribution < -0.4 is 15.6 Å². The lowest BCUT2D eigenvalue weighted by Crippen LogP contribution is -2.38. The molecule has 270 valence electrons. The topological polar surface area (TPSA) is 144 Å². The second-order valence-corrected chi connectivity index (χ2v) is 13.8. The summed E-state index contributed by atoms with van der Waals surface area (Å²) in [5.41, 5.74) is 1.43. The highest BCUT2D eigenvalue weighted by Gasteiger charge is 2.44. The van der Waals surface area contributed by atoms with Gasteiger partial charge in [0.2, 0.25) is 11.4 Å². The Kier molecular flexibility index (Phi) is 12.2. The van der Waals surface area contributed by atoms with Crippen molar-refractivity contribution in [3.05, 3.63) is 124 Å². The quantitative estimate of drug-likeness (QED) is 0.0758. The molecule has 0 radical (unpaired) electrons. The maximum absolute atomic E-state index is 12.1. The molecule has 2 atom stereocenters. The summed E-state index contributed by atoms with van der Waals surface area (Å²) in [5, 5.41) is 36.9. The zero-order valence-corrected chi connectivity index (χ0v) is 29.4. The van der Waals surface area contributed by atoms with Crippen LogP contribution in [0, 0.1) is 5.92 Å². The lowest BCUT2D eigenvalue weighted by Gasteiger charge is -2.36. The standard InChI is InChI=1S/C41H50N4O6/c1-45(24-21-33-27-43-40(51-33)41(49,30-11-4-2-5-12-30)31-13-6-3-7-14-31)23-9-25-50-32-15-8-10-29(26-32)20-22-42-28-37(47)34-16-18-36(46)39-35(34)17-19-38(48)44-39/h2,4-5,8,10-12,15-19,26-27,31,37,42,46-47,49H,3,6-7,9,13-14,20-25,28H2,1H3,(H,44,48)/t37-,41?/m0/s1. The first kappa shape index (κ1) is 36.3. The Hall–Kier alpha value is -4.48. The van der Waals surface area contributed by atoms with Gasteiger partial charge < -0.3 is 39.7 Å². The van der Waals surface area contributed by atoms with Crippen molar-refractivity contribution in [2.45, 2.75) is 63.1 Å². The molecule has 3 aromatic carbocycles. The number of likely N-dealkylation sites (N-methyl/N-ethyl adjacent to an activating group) is 1. The van der Waals surface area contributed by atoms with Crippen LogP contribution in [0.3, 0.4) is 0 Å². The van der Waals surface area contributed by atoms with Crippen LogP contribution in [0.4, 0.5) is 0 Å². The van der Waals surface area contributed by atoms with Gasteiger partial charge in [0.1, 0.15) is 17.3 Å². The number of aromatic amines is 1. The zero-order chi connectivity index (χ0) is 35.6. The predicted molar refractivity (Wildman–Crippen MR) is 198 cm³/mol. The van der Waals surface area contributed by atoms with Gasteiger partial charge in [0.15, 0.2) is 5.60 Å². The van der Waals surface area contributed by atoms with E-state index in [9.17, 15) is 20.1 Å². The van der Waals surface area contributed by atoms with Crippen LogP contribution in [-0.2, 0) is 18.4 Å². The van der Waals surface area contributed by atoms with E-state index < -0.39 is 11.7 Å². The Morgan fingerprint density at radius 2 is 1.84 bits per heavy atom. The fraction of sp³-hybridized carbons (Fsp3) is 0.415.